The van der Waals surface area contributed by atoms with Crippen LogP contribution in [0.5, 0.6) is 0 Å². The first-order valence-electron chi connectivity index (χ1n) is 8.97. The van der Waals surface area contributed by atoms with Gasteiger partial charge in [-0.05, 0) is 48.9 Å². The summed E-state index contributed by atoms with van der Waals surface area (Å²) in [5.74, 6) is -0.923. The van der Waals surface area contributed by atoms with E-state index in [0.717, 1.165) is 0 Å². The summed E-state index contributed by atoms with van der Waals surface area (Å²) in [6, 6.07) is 15.3. The molecular formula is C21H16N4O6. The minimum Gasteiger partial charge on any atom is -0.322 e. The van der Waals surface area contributed by atoms with Crippen molar-refractivity contribution >= 4 is 34.6 Å². The molecule has 3 aromatic carbocycles. The largest absolute Gasteiger partial charge is 0.322 e. The van der Waals surface area contributed by atoms with Crippen molar-refractivity contribution in [3.05, 3.63) is 104 Å². The lowest BCUT2D eigenvalue weighted by Gasteiger charge is -2.13. The lowest BCUT2D eigenvalue weighted by atomic mass is 10.1. The van der Waals surface area contributed by atoms with Gasteiger partial charge >= 0.3 is 0 Å². The highest BCUT2D eigenvalue weighted by Gasteiger charge is 2.14. The summed E-state index contributed by atoms with van der Waals surface area (Å²) >= 11 is 0. The molecule has 2 amide bonds. The third-order valence-corrected chi connectivity index (χ3v) is 4.51. The van der Waals surface area contributed by atoms with E-state index in [1.165, 1.54) is 48.5 Å². The highest BCUT2D eigenvalue weighted by Crippen LogP contribution is 2.25. The molecule has 3 aromatic rings. The van der Waals surface area contributed by atoms with Crippen molar-refractivity contribution in [3.8, 4) is 0 Å². The number of hydrogen-bond donors (Lipinski definition) is 2. The van der Waals surface area contributed by atoms with Crippen molar-refractivity contribution in [2.45, 2.75) is 6.92 Å². The number of rotatable bonds is 6. The predicted octanol–water partition coefficient (Wildman–Crippen LogP) is 4.32. The molecule has 0 saturated heterocycles. The fourth-order valence-corrected chi connectivity index (χ4v) is 2.76. The minimum absolute atomic E-state index is 0.122. The summed E-state index contributed by atoms with van der Waals surface area (Å²) in [4.78, 5) is 45.3. The minimum atomic E-state index is -0.553. The quantitative estimate of drug-likeness (QED) is 0.449. The fraction of sp³-hybridized carbons (Fsp3) is 0.0476. The number of carbonyl (C=O) groups excluding carboxylic acids is 2. The first-order valence-corrected chi connectivity index (χ1v) is 8.97. The third-order valence-electron chi connectivity index (χ3n) is 4.51. The van der Waals surface area contributed by atoms with Crippen molar-refractivity contribution in [1.82, 2.24) is 0 Å². The summed E-state index contributed by atoms with van der Waals surface area (Å²) in [5, 5.41) is 26.9. The van der Waals surface area contributed by atoms with Crippen LogP contribution in [-0.2, 0) is 0 Å². The molecule has 0 atom stereocenters. The second-order valence-electron chi connectivity index (χ2n) is 6.49. The number of benzene rings is 3. The lowest BCUT2D eigenvalue weighted by Crippen LogP contribution is -2.15. The number of nitrogens with one attached hydrogen (secondary N) is 2. The van der Waals surface area contributed by atoms with Crippen molar-refractivity contribution in [3.63, 3.8) is 0 Å². The highest BCUT2D eigenvalue weighted by molar-refractivity contribution is 6.07. The molecule has 31 heavy (non-hydrogen) atoms. The second-order valence-corrected chi connectivity index (χ2v) is 6.49. The summed E-state index contributed by atoms with van der Waals surface area (Å²) in [5.41, 5.74) is 1.73. The van der Waals surface area contributed by atoms with Crippen LogP contribution in [0.4, 0.5) is 22.7 Å². The van der Waals surface area contributed by atoms with Crippen molar-refractivity contribution in [1.29, 1.82) is 0 Å². The number of amides is 2. The van der Waals surface area contributed by atoms with Crippen molar-refractivity contribution in [2.24, 2.45) is 0 Å². The van der Waals surface area contributed by atoms with Gasteiger partial charge in [-0.1, -0.05) is 6.07 Å². The molecule has 10 nitrogen and oxygen atoms in total. The summed E-state index contributed by atoms with van der Waals surface area (Å²) < 4.78 is 0. The Morgan fingerprint density at radius 2 is 1.03 bits per heavy atom. The number of nitro benzene ring substituents is 2. The molecule has 0 aliphatic carbocycles. The topological polar surface area (TPSA) is 144 Å². The molecule has 3 rings (SSSR count). The molecular weight excluding hydrogens is 404 g/mol. The third kappa shape index (κ3) is 4.88. The van der Waals surface area contributed by atoms with Crippen LogP contribution < -0.4 is 10.6 Å². The maximum atomic E-state index is 12.5. The van der Waals surface area contributed by atoms with Gasteiger partial charge in [0, 0.05) is 46.8 Å². The summed E-state index contributed by atoms with van der Waals surface area (Å²) in [6.45, 7) is 1.71. The Balaban J connectivity index is 1.74. The maximum absolute atomic E-state index is 12.5. The fourth-order valence-electron chi connectivity index (χ4n) is 2.76. The first-order chi connectivity index (χ1) is 14.8. The molecule has 2 N–H and O–H groups in total. The average Bonchev–Trinajstić information content (AvgIpc) is 2.76. The maximum Gasteiger partial charge on any atom is 0.269 e. The van der Waals surface area contributed by atoms with E-state index in [9.17, 15) is 29.8 Å². The average molecular weight is 420 g/mol. The standard InChI is InChI=1S/C21H16N4O6/c1-13-18(22-20(26)14-5-9-16(10-6-14)24(28)29)3-2-4-19(13)23-21(27)15-7-11-17(12-8-15)25(30)31/h2-12H,1H3,(H,22,26)(H,23,27). The van der Waals surface area contributed by atoms with Crippen LogP contribution >= 0.6 is 0 Å². The lowest BCUT2D eigenvalue weighted by molar-refractivity contribution is -0.385. The van der Waals surface area contributed by atoms with Gasteiger partial charge in [-0.15, -0.1) is 0 Å². The number of non-ortho nitro benzene ring substituents is 2. The molecule has 0 aliphatic rings. The normalized spacial score (nSPS) is 10.2. The molecule has 156 valence electrons. The zero-order chi connectivity index (χ0) is 22.5. The number of anilines is 2. The van der Waals surface area contributed by atoms with Crippen LogP contribution in [0.25, 0.3) is 0 Å². The van der Waals surface area contributed by atoms with E-state index >= 15 is 0 Å². The van der Waals surface area contributed by atoms with E-state index in [4.69, 9.17) is 0 Å². The van der Waals surface area contributed by atoms with Gasteiger partial charge in [0.05, 0.1) is 9.85 Å². The number of nitrogens with zero attached hydrogens (tertiary/aromatic N) is 2. The van der Waals surface area contributed by atoms with Gasteiger partial charge < -0.3 is 10.6 Å². The van der Waals surface area contributed by atoms with Gasteiger partial charge in [0.2, 0.25) is 0 Å². The van der Waals surface area contributed by atoms with E-state index in [-0.39, 0.29) is 22.5 Å². The van der Waals surface area contributed by atoms with Crippen LogP contribution in [0.2, 0.25) is 0 Å². The van der Waals surface area contributed by atoms with Gasteiger partial charge in [-0.2, -0.15) is 0 Å². The number of hydrogen-bond acceptors (Lipinski definition) is 6. The van der Waals surface area contributed by atoms with E-state index in [2.05, 4.69) is 10.6 Å². The predicted molar refractivity (Wildman–Crippen MR) is 113 cm³/mol. The van der Waals surface area contributed by atoms with E-state index in [1.807, 2.05) is 0 Å². The molecule has 0 spiro atoms. The van der Waals surface area contributed by atoms with Crippen molar-refractivity contribution in [2.75, 3.05) is 10.6 Å². The Morgan fingerprint density at radius 1 is 0.677 bits per heavy atom. The highest BCUT2D eigenvalue weighted by atomic mass is 16.6. The molecule has 0 bridgehead atoms. The van der Waals surface area contributed by atoms with Crippen LogP contribution in [0.1, 0.15) is 26.3 Å². The van der Waals surface area contributed by atoms with Gasteiger partial charge in [0.25, 0.3) is 23.2 Å². The molecule has 0 aliphatic heterocycles. The zero-order valence-electron chi connectivity index (χ0n) is 16.2. The van der Waals surface area contributed by atoms with Gasteiger partial charge in [0.1, 0.15) is 0 Å². The molecule has 0 fully saturated rings. The van der Waals surface area contributed by atoms with Crippen LogP contribution in [0.15, 0.2) is 66.7 Å². The molecule has 0 unspecified atom stereocenters. The van der Waals surface area contributed by atoms with Gasteiger partial charge in [-0.25, -0.2) is 0 Å². The number of nitro groups is 2. The summed E-state index contributed by atoms with van der Waals surface area (Å²) in [6.07, 6.45) is 0. The van der Waals surface area contributed by atoms with Gasteiger partial charge in [0.15, 0.2) is 0 Å². The second kappa shape index (κ2) is 8.82. The Labute approximate surface area is 175 Å². The Hall–Kier alpha value is -4.60. The summed E-state index contributed by atoms with van der Waals surface area (Å²) in [7, 11) is 0. The van der Waals surface area contributed by atoms with Gasteiger partial charge in [-0.3, -0.25) is 29.8 Å². The molecule has 0 radical (unpaired) electrons. The Morgan fingerprint density at radius 3 is 1.35 bits per heavy atom. The smallest absolute Gasteiger partial charge is 0.269 e. The van der Waals surface area contributed by atoms with Crippen LogP contribution in [0.3, 0.4) is 0 Å². The molecule has 10 heteroatoms. The SMILES string of the molecule is Cc1c(NC(=O)c2ccc([N+](=O)[O-])cc2)cccc1NC(=O)c1ccc([N+](=O)[O-])cc1. The molecule has 0 aromatic heterocycles. The Kier molecular flexibility index (Phi) is 6.01. The molecule has 0 saturated carbocycles. The first kappa shape index (κ1) is 21.1. The van der Waals surface area contributed by atoms with Crippen molar-refractivity contribution < 1.29 is 19.4 Å². The van der Waals surface area contributed by atoms with Crippen LogP contribution in [0, 0.1) is 27.2 Å². The van der Waals surface area contributed by atoms with E-state index in [0.29, 0.717) is 16.9 Å². The number of carbonyl (C=O) groups is 2. The Bertz CT molecular complexity index is 1080. The van der Waals surface area contributed by atoms with E-state index in [1.54, 1.807) is 25.1 Å². The monoisotopic (exact) mass is 420 g/mol. The van der Waals surface area contributed by atoms with E-state index < -0.39 is 21.7 Å². The zero-order valence-corrected chi connectivity index (χ0v) is 16.2. The molecule has 0 heterocycles. The van der Waals surface area contributed by atoms with Crippen LogP contribution in [-0.4, -0.2) is 21.7 Å².